The molecule has 170 valence electrons. The van der Waals surface area contributed by atoms with Gasteiger partial charge in [0.2, 0.25) is 6.79 Å². The smallest absolute Gasteiger partial charge is 0.417 e. The number of rotatable bonds is 6. The van der Waals surface area contributed by atoms with Crippen molar-refractivity contribution < 1.29 is 32.2 Å². The third-order valence-electron chi connectivity index (χ3n) is 6.36. The topological polar surface area (TPSA) is 44.8 Å². The van der Waals surface area contributed by atoms with Crippen LogP contribution >= 0.6 is 0 Å². The lowest BCUT2D eigenvalue weighted by atomic mass is 9.86. The molecule has 33 heavy (non-hydrogen) atoms. The first-order valence-electron chi connectivity index (χ1n) is 10.6. The first-order valence-corrected chi connectivity index (χ1v) is 10.6. The van der Waals surface area contributed by atoms with E-state index in [0.717, 1.165) is 11.6 Å². The molecule has 7 heteroatoms. The van der Waals surface area contributed by atoms with E-state index < -0.39 is 17.2 Å². The van der Waals surface area contributed by atoms with E-state index in [1.54, 1.807) is 42.5 Å². The van der Waals surface area contributed by atoms with E-state index in [2.05, 4.69) is 0 Å². The summed E-state index contributed by atoms with van der Waals surface area (Å²) < 4.78 is 57.9. The van der Waals surface area contributed by atoms with E-state index in [-0.39, 0.29) is 24.6 Å². The number of alkyl halides is 3. The van der Waals surface area contributed by atoms with Gasteiger partial charge in [-0.2, -0.15) is 13.2 Å². The number of halogens is 3. The Balaban J connectivity index is 1.46. The van der Waals surface area contributed by atoms with Gasteiger partial charge in [0.25, 0.3) is 0 Å². The molecule has 5 rings (SSSR count). The zero-order valence-corrected chi connectivity index (χ0v) is 17.9. The second kappa shape index (κ2) is 7.83. The third kappa shape index (κ3) is 3.81. The number of benzene rings is 3. The summed E-state index contributed by atoms with van der Waals surface area (Å²) in [7, 11) is 1.42. The van der Waals surface area contributed by atoms with Crippen molar-refractivity contribution in [3.63, 3.8) is 0 Å². The lowest BCUT2D eigenvalue weighted by Gasteiger charge is -2.18. The lowest BCUT2D eigenvalue weighted by molar-refractivity contribution is -0.137. The van der Waals surface area contributed by atoms with Gasteiger partial charge in [-0.05, 0) is 53.8 Å². The number of hydrogen-bond donors (Lipinski definition) is 0. The monoisotopic (exact) mass is 454 g/mol. The van der Waals surface area contributed by atoms with Gasteiger partial charge in [0.05, 0.1) is 18.1 Å². The highest BCUT2D eigenvalue weighted by Crippen LogP contribution is 2.52. The molecule has 0 radical (unpaired) electrons. The van der Waals surface area contributed by atoms with E-state index in [0.29, 0.717) is 41.2 Å². The van der Waals surface area contributed by atoms with Crippen molar-refractivity contribution in [2.45, 2.75) is 30.9 Å². The molecule has 2 aliphatic rings. The summed E-state index contributed by atoms with van der Waals surface area (Å²) in [6.45, 7) is 0.137. The van der Waals surface area contributed by atoms with Crippen LogP contribution in [-0.2, 0) is 22.8 Å². The average molecular weight is 454 g/mol. The number of methoxy groups -OCH3 is 1. The minimum Gasteiger partial charge on any atom is -0.496 e. The second-order valence-corrected chi connectivity index (χ2v) is 8.33. The molecular formula is C26H21F3O4. The molecule has 1 aliphatic heterocycles. The molecule has 1 saturated carbocycles. The fraction of sp³-hybridized carbons (Fsp3) is 0.269. The van der Waals surface area contributed by atoms with Crippen molar-refractivity contribution in [1.82, 2.24) is 0 Å². The first kappa shape index (κ1) is 21.4. The van der Waals surface area contributed by atoms with E-state index >= 15 is 0 Å². The summed E-state index contributed by atoms with van der Waals surface area (Å²) in [6.07, 6.45) is -3.33. The number of fused-ring (bicyclic) bond motifs is 1. The molecule has 0 unspecified atom stereocenters. The van der Waals surface area contributed by atoms with Gasteiger partial charge in [0.1, 0.15) is 11.5 Å². The maximum absolute atomic E-state index is 14.0. The summed E-state index contributed by atoms with van der Waals surface area (Å²) >= 11 is 0. The number of para-hydroxylation sites is 1. The van der Waals surface area contributed by atoms with Gasteiger partial charge in [-0.15, -0.1) is 0 Å². The Morgan fingerprint density at radius 2 is 1.73 bits per heavy atom. The minimum atomic E-state index is -4.58. The van der Waals surface area contributed by atoms with Crippen molar-refractivity contribution in [2.24, 2.45) is 0 Å². The number of Topliss-reactive ketones (excluding diaryl/α,β-unsaturated/α-hetero) is 1. The summed E-state index contributed by atoms with van der Waals surface area (Å²) in [4.78, 5) is 13.2. The van der Waals surface area contributed by atoms with Crippen molar-refractivity contribution in [1.29, 1.82) is 0 Å². The molecule has 4 nitrogen and oxygen atoms in total. The van der Waals surface area contributed by atoms with Gasteiger partial charge in [-0.1, -0.05) is 36.4 Å². The molecule has 3 aromatic carbocycles. The normalized spacial score (nSPS) is 15.9. The Morgan fingerprint density at radius 3 is 2.45 bits per heavy atom. The van der Waals surface area contributed by atoms with Crippen LogP contribution in [0.5, 0.6) is 17.2 Å². The van der Waals surface area contributed by atoms with Gasteiger partial charge in [0.15, 0.2) is 11.5 Å². The predicted molar refractivity (Wildman–Crippen MR) is 116 cm³/mol. The maximum atomic E-state index is 14.0. The van der Waals surface area contributed by atoms with Crippen LogP contribution in [-0.4, -0.2) is 19.7 Å². The molecule has 1 heterocycles. The molecular weight excluding hydrogens is 433 g/mol. The van der Waals surface area contributed by atoms with E-state index in [1.165, 1.54) is 13.2 Å². The molecule has 0 spiro atoms. The molecule has 0 amide bonds. The minimum absolute atomic E-state index is 0.0213. The zero-order chi connectivity index (χ0) is 23.2. The number of ether oxygens (including phenoxy) is 3. The quantitative estimate of drug-likeness (QED) is 0.462. The number of ketones is 1. The van der Waals surface area contributed by atoms with Crippen LogP contribution in [0.2, 0.25) is 0 Å². The number of carbonyl (C=O) groups is 1. The van der Waals surface area contributed by atoms with Gasteiger partial charge < -0.3 is 14.2 Å². The van der Waals surface area contributed by atoms with E-state index in [1.807, 2.05) is 6.07 Å². The molecule has 0 bridgehead atoms. The summed E-state index contributed by atoms with van der Waals surface area (Å²) in [6, 6.07) is 16.1. The summed E-state index contributed by atoms with van der Waals surface area (Å²) in [5, 5.41) is 0. The van der Waals surface area contributed by atoms with Crippen LogP contribution in [0.15, 0.2) is 60.7 Å². The molecule has 0 aromatic heterocycles. The predicted octanol–water partition coefficient (Wildman–Crippen LogP) is 5.95. The fourth-order valence-electron chi connectivity index (χ4n) is 4.44. The summed E-state index contributed by atoms with van der Waals surface area (Å²) in [5.74, 6) is 1.47. The standard InChI is InChI=1S/C26H21F3O4/c1-31-21-5-3-2-4-19(21)18-8-6-16(12-20(18)26(27,28)29)13-24(30)25(10-11-25)17-7-9-22-23(14-17)33-15-32-22/h2-9,12,14H,10-11,13,15H2,1H3. The van der Waals surface area contributed by atoms with Gasteiger partial charge >= 0.3 is 6.18 Å². The molecule has 0 N–H and O–H groups in total. The molecule has 1 aliphatic carbocycles. The number of carbonyl (C=O) groups excluding carboxylic acids is 1. The van der Waals surface area contributed by atoms with Crippen molar-refractivity contribution >= 4 is 5.78 Å². The van der Waals surface area contributed by atoms with Crippen LogP contribution < -0.4 is 14.2 Å². The Hall–Kier alpha value is -3.48. The van der Waals surface area contributed by atoms with Crippen LogP contribution in [0.3, 0.4) is 0 Å². The Morgan fingerprint density at radius 1 is 0.970 bits per heavy atom. The Labute approximate surface area is 188 Å². The Kier molecular flexibility index (Phi) is 5.07. The molecule has 3 aromatic rings. The van der Waals surface area contributed by atoms with Crippen molar-refractivity contribution in [3.05, 3.63) is 77.4 Å². The van der Waals surface area contributed by atoms with Gasteiger partial charge in [0, 0.05) is 12.0 Å². The van der Waals surface area contributed by atoms with E-state index in [9.17, 15) is 18.0 Å². The van der Waals surface area contributed by atoms with Crippen molar-refractivity contribution in [3.8, 4) is 28.4 Å². The zero-order valence-electron chi connectivity index (χ0n) is 17.9. The van der Waals surface area contributed by atoms with Crippen LogP contribution in [0.4, 0.5) is 13.2 Å². The maximum Gasteiger partial charge on any atom is 0.417 e. The highest BCUT2D eigenvalue weighted by molar-refractivity contribution is 5.95. The van der Waals surface area contributed by atoms with Crippen molar-refractivity contribution in [2.75, 3.05) is 13.9 Å². The SMILES string of the molecule is COc1ccccc1-c1ccc(CC(=O)C2(c3ccc4c(c3)OCO4)CC2)cc1C(F)(F)F. The number of hydrogen-bond acceptors (Lipinski definition) is 4. The highest BCUT2D eigenvalue weighted by atomic mass is 19.4. The lowest BCUT2D eigenvalue weighted by Crippen LogP contribution is -2.22. The summed E-state index contributed by atoms with van der Waals surface area (Å²) in [5.41, 5.74) is 0.0553. The van der Waals surface area contributed by atoms with Gasteiger partial charge in [-0.25, -0.2) is 0 Å². The molecule has 0 saturated heterocycles. The van der Waals surface area contributed by atoms with Crippen LogP contribution in [0, 0.1) is 0 Å². The third-order valence-corrected chi connectivity index (χ3v) is 6.36. The largest absolute Gasteiger partial charge is 0.496 e. The highest BCUT2D eigenvalue weighted by Gasteiger charge is 2.51. The van der Waals surface area contributed by atoms with Crippen LogP contribution in [0.1, 0.15) is 29.5 Å². The molecule has 0 atom stereocenters. The second-order valence-electron chi connectivity index (χ2n) is 8.33. The van der Waals surface area contributed by atoms with Crippen LogP contribution in [0.25, 0.3) is 11.1 Å². The van der Waals surface area contributed by atoms with Gasteiger partial charge in [-0.3, -0.25) is 4.79 Å². The average Bonchev–Trinajstić information content (AvgIpc) is 3.49. The van der Waals surface area contributed by atoms with E-state index in [4.69, 9.17) is 14.2 Å². The fourth-order valence-corrected chi connectivity index (χ4v) is 4.44. The Bertz CT molecular complexity index is 1230. The molecule has 1 fully saturated rings. The first-order chi connectivity index (χ1) is 15.8.